The van der Waals surface area contributed by atoms with Gasteiger partial charge in [0.15, 0.2) is 5.69 Å². The van der Waals surface area contributed by atoms with Gasteiger partial charge in [0.05, 0.1) is 6.04 Å². The van der Waals surface area contributed by atoms with E-state index < -0.39 is 11.9 Å². The highest BCUT2D eigenvalue weighted by atomic mass is 19.4. The zero-order chi connectivity index (χ0) is 16.7. The van der Waals surface area contributed by atoms with Gasteiger partial charge in [0.25, 0.3) is 0 Å². The third kappa shape index (κ3) is 2.95. The van der Waals surface area contributed by atoms with E-state index >= 15 is 0 Å². The summed E-state index contributed by atoms with van der Waals surface area (Å²) in [6.07, 6.45) is 1.13. The van der Waals surface area contributed by atoms with Crippen LogP contribution in [0.1, 0.15) is 43.0 Å². The van der Waals surface area contributed by atoms with Gasteiger partial charge in [0, 0.05) is 24.8 Å². The first-order valence-corrected chi connectivity index (χ1v) is 8.43. The molecule has 2 aromatic rings. The van der Waals surface area contributed by atoms with Crippen molar-refractivity contribution in [1.82, 2.24) is 14.7 Å². The zero-order valence-electron chi connectivity index (χ0n) is 13.3. The van der Waals surface area contributed by atoms with Crippen LogP contribution in [0.25, 0.3) is 0 Å². The average molecular weight is 335 g/mol. The van der Waals surface area contributed by atoms with Crippen LogP contribution in [0.4, 0.5) is 13.2 Å². The Balaban J connectivity index is 1.47. The molecule has 4 rings (SSSR count). The first kappa shape index (κ1) is 15.7. The Kier molecular flexibility index (Phi) is 3.87. The number of rotatable bonds is 3. The maximum absolute atomic E-state index is 12.8. The SMILES string of the molecule is FC(F)(F)c1ccn(C2CC3CCC(C2)N3Cc2ccccc2)n1. The molecule has 2 aliphatic heterocycles. The summed E-state index contributed by atoms with van der Waals surface area (Å²) in [5, 5.41) is 3.78. The Labute approximate surface area is 139 Å². The van der Waals surface area contributed by atoms with Gasteiger partial charge in [-0.05, 0) is 37.3 Å². The molecule has 0 radical (unpaired) electrons. The molecule has 1 aromatic carbocycles. The predicted octanol–water partition coefficient (Wildman–Crippen LogP) is 4.27. The smallest absolute Gasteiger partial charge is 0.293 e. The van der Waals surface area contributed by atoms with Crippen molar-refractivity contribution >= 4 is 0 Å². The molecule has 3 heterocycles. The lowest BCUT2D eigenvalue weighted by atomic mass is 9.97. The first-order valence-electron chi connectivity index (χ1n) is 8.43. The van der Waals surface area contributed by atoms with E-state index in [0.29, 0.717) is 12.1 Å². The first-order chi connectivity index (χ1) is 11.5. The summed E-state index contributed by atoms with van der Waals surface area (Å²) in [6, 6.07) is 12.4. The largest absolute Gasteiger partial charge is 0.435 e. The van der Waals surface area contributed by atoms with Crippen LogP contribution in [0.5, 0.6) is 0 Å². The molecule has 2 saturated heterocycles. The zero-order valence-corrected chi connectivity index (χ0v) is 13.3. The highest BCUT2D eigenvalue weighted by Crippen LogP contribution is 2.41. The lowest BCUT2D eigenvalue weighted by Gasteiger charge is -2.39. The Hall–Kier alpha value is -1.82. The molecule has 6 heteroatoms. The van der Waals surface area contributed by atoms with E-state index in [1.54, 1.807) is 0 Å². The van der Waals surface area contributed by atoms with E-state index in [4.69, 9.17) is 0 Å². The van der Waals surface area contributed by atoms with Crippen molar-refractivity contribution in [3.63, 3.8) is 0 Å². The van der Waals surface area contributed by atoms with E-state index in [9.17, 15) is 13.2 Å². The summed E-state index contributed by atoms with van der Waals surface area (Å²) >= 11 is 0. The lowest BCUT2D eigenvalue weighted by molar-refractivity contribution is -0.141. The minimum Gasteiger partial charge on any atom is -0.293 e. The fourth-order valence-corrected chi connectivity index (χ4v) is 4.21. The number of alkyl halides is 3. The van der Waals surface area contributed by atoms with Crippen molar-refractivity contribution in [2.45, 2.75) is 56.5 Å². The molecule has 0 N–H and O–H groups in total. The third-order valence-electron chi connectivity index (χ3n) is 5.34. The molecule has 2 atom stereocenters. The molecule has 0 aliphatic carbocycles. The van der Waals surface area contributed by atoms with Gasteiger partial charge >= 0.3 is 6.18 Å². The van der Waals surface area contributed by atoms with Crippen molar-refractivity contribution in [2.75, 3.05) is 0 Å². The van der Waals surface area contributed by atoms with Gasteiger partial charge in [-0.1, -0.05) is 30.3 Å². The van der Waals surface area contributed by atoms with Crippen LogP contribution in [-0.4, -0.2) is 26.8 Å². The summed E-state index contributed by atoms with van der Waals surface area (Å²) in [7, 11) is 0. The standard InChI is InChI=1S/C18H20F3N3/c19-18(20,21)17-8-9-24(22-17)16-10-14-6-7-15(11-16)23(14)12-13-4-2-1-3-5-13/h1-5,8-9,14-16H,6-7,10-12H2. The fourth-order valence-electron chi connectivity index (χ4n) is 4.21. The number of hydrogen-bond donors (Lipinski definition) is 0. The number of halogens is 3. The molecule has 2 bridgehead atoms. The number of piperidine rings is 1. The minimum atomic E-state index is -4.36. The highest BCUT2D eigenvalue weighted by Gasteiger charge is 2.42. The van der Waals surface area contributed by atoms with E-state index in [0.717, 1.165) is 38.3 Å². The highest BCUT2D eigenvalue weighted by molar-refractivity contribution is 5.16. The molecule has 0 saturated carbocycles. The van der Waals surface area contributed by atoms with E-state index in [1.165, 1.54) is 16.4 Å². The maximum atomic E-state index is 12.8. The Morgan fingerprint density at radius 1 is 0.958 bits per heavy atom. The van der Waals surface area contributed by atoms with Gasteiger partial charge < -0.3 is 0 Å². The van der Waals surface area contributed by atoms with Gasteiger partial charge in [-0.2, -0.15) is 18.3 Å². The molecular formula is C18H20F3N3. The topological polar surface area (TPSA) is 21.1 Å². The molecule has 0 amide bonds. The molecule has 2 unspecified atom stereocenters. The van der Waals surface area contributed by atoms with Gasteiger partial charge in [-0.15, -0.1) is 0 Å². The predicted molar refractivity (Wildman–Crippen MR) is 84.3 cm³/mol. The normalized spacial score (nSPS) is 27.5. The van der Waals surface area contributed by atoms with Crippen molar-refractivity contribution in [3.05, 3.63) is 53.9 Å². The Bertz CT molecular complexity index is 681. The number of fused-ring (bicyclic) bond motifs is 2. The van der Waals surface area contributed by atoms with Crippen LogP contribution < -0.4 is 0 Å². The van der Waals surface area contributed by atoms with E-state index in [2.05, 4.69) is 22.1 Å². The van der Waals surface area contributed by atoms with E-state index in [1.807, 2.05) is 18.2 Å². The second kappa shape index (κ2) is 5.92. The number of nitrogens with zero attached hydrogens (tertiary/aromatic N) is 3. The summed E-state index contributed by atoms with van der Waals surface area (Å²) in [6.45, 7) is 0.926. The number of benzene rings is 1. The van der Waals surface area contributed by atoms with Crippen molar-refractivity contribution < 1.29 is 13.2 Å². The monoisotopic (exact) mass is 335 g/mol. The second-order valence-electron chi connectivity index (χ2n) is 6.85. The van der Waals surface area contributed by atoms with Gasteiger partial charge in [0.2, 0.25) is 0 Å². The fraction of sp³-hybridized carbons (Fsp3) is 0.500. The molecule has 3 nitrogen and oxygen atoms in total. The van der Waals surface area contributed by atoms with Crippen LogP contribution in [0.2, 0.25) is 0 Å². The van der Waals surface area contributed by atoms with Crippen LogP contribution >= 0.6 is 0 Å². The molecular weight excluding hydrogens is 315 g/mol. The van der Waals surface area contributed by atoms with Crippen molar-refractivity contribution in [2.24, 2.45) is 0 Å². The van der Waals surface area contributed by atoms with Crippen molar-refractivity contribution in [1.29, 1.82) is 0 Å². The molecule has 1 aromatic heterocycles. The summed E-state index contributed by atoms with van der Waals surface area (Å²) < 4.78 is 39.8. The number of hydrogen-bond acceptors (Lipinski definition) is 2. The van der Waals surface area contributed by atoms with Crippen molar-refractivity contribution in [3.8, 4) is 0 Å². The minimum absolute atomic E-state index is 0.0747. The van der Waals surface area contributed by atoms with Gasteiger partial charge in [-0.3, -0.25) is 9.58 Å². The van der Waals surface area contributed by atoms with E-state index in [-0.39, 0.29) is 6.04 Å². The Morgan fingerprint density at radius 2 is 1.62 bits per heavy atom. The lowest BCUT2D eigenvalue weighted by Crippen LogP contribution is -2.43. The molecule has 128 valence electrons. The average Bonchev–Trinajstić information content (AvgIpc) is 3.12. The molecule has 24 heavy (non-hydrogen) atoms. The summed E-state index contributed by atoms with van der Waals surface area (Å²) in [4.78, 5) is 2.53. The molecule has 2 fully saturated rings. The van der Waals surface area contributed by atoms with Gasteiger partial charge in [0.1, 0.15) is 0 Å². The summed E-state index contributed by atoms with van der Waals surface area (Å²) in [5.41, 5.74) is 0.507. The summed E-state index contributed by atoms with van der Waals surface area (Å²) in [5.74, 6) is 0. The number of aromatic nitrogens is 2. The quantitative estimate of drug-likeness (QED) is 0.835. The van der Waals surface area contributed by atoms with Gasteiger partial charge in [-0.25, -0.2) is 0 Å². The molecule has 0 spiro atoms. The van der Waals surface area contributed by atoms with Crippen LogP contribution in [0, 0.1) is 0 Å². The maximum Gasteiger partial charge on any atom is 0.435 e. The Morgan fingerprint density at radius 3 is 2.21 bits per heavy atom. The van der Waals surface area contributed by atoms with Crippen LogP contribution in [-0.2, 0) is 12.7 Å². The molecule has 2 aliphatic rings. The van der Waals surface area contributed by atoms with Crippen LogP contribution in [0.3, 0.4) is 0 Å². The second-order valence-corrected chi connectivity index (χ2v) is 6.85. The van der Waals surface area contributed by atoms with Crippen LogP contribution in [0.15, 0.2) is 42.6 Å². The third-order valence-corrected chi connectivity index (χ3v) is 5.34.